The van der Waals surface area contributed by atoms with Gasteiger partial charge in [0.25, 0.3) is 5.89 Å². The van der Waals surface area contributed by atoms with Crippen molar-refractivity contribution in [2.45, 2.75) is 39.1 Å². The summed E-state index contributed by atoms with van der Waals surface area (Å²) in [5, 5.41) is 4.16. The van der Waals surface area contributed by atoms with Gasteiger partial charge in [-0.3, -0.25) is 9.69 Å². The molecule has 204 valence electrons. The maximum absolute atomic E-state index is 13.5. The second kappa shape index (κ2) is 11.2. The van der Waals surface area contributed by atoms with Crippen molar-refractivity contribution < 1.29 is 27.2 Å². The number of aromatic nitrogens is 2. The van der Waals surface area contributed by atoms with E-state index >= 15 is 0 Å². The fraction of sp³-hybridized carbons (Fsp3) is 0.276. The molecule has 0 unspecified atom stereocenters. The van der Waals surface area contributed by atoms with Gasteiger partial charge < -0.3 is 9.26 Å². The van der Waals surface area contributed by atoms with E-state index in [0.717, 1.165) is 11.6 Å². The molecule has 0 spiro atoms. The van der Waals surface area contributed by atoms with Crippen LogP contribution < -0.4 is 0 Å². The first-order chi connectivity index (χ1) is 18.3. The van der Waals surface area contributed by atoms with E-state index in [1.54, 1.807) is 6.07 Å². The van der Waals surface area contributed by atoms with E-state index in [4.69, 9.17) is 20.9 Å². The molecule has 0 saturated heterocycles. The lowest BCUT2D eigenvalue weighted by Crippen LogP contribution is -2.32. The van der Waals surface area contributed by atoms with Crippen LogP contribution in [0.5, 0.6) is 0 Å². The highest BCUT2D eigenvalue weighted by Gasteiger charge is 2.33. The van der Waals surface area contributed by atoms with Gasteiger partial charge in [0, 0.05) is 28.3 Å². The van der Waals surface area contributed by atoms with Gasteiger partial charge in [-0.15, -0.1) is 0 Å². The standard InChI is InChI=1S/C29H27ClF3N3O3/c1-28(2,3)38-25(37)17-36(4)16-18-9-11-19(12-10-18)26-34-27(39-35-26)20-13-14-22(24(30)15-20)21-7-5-6-8-23(21)29(31,32)33/h5-15H,16-17H2,1-4H3. The van der Waals surface area contributed by atoms with E-state index in [0.29, 0.717) is 23.5 Å². The Morgan fingerprint density at radius 3 is 2.28 bits per heavy atom. The quantitative estimate of drug-likeness (QED) is 0.219. The van der Waals surface area contributed by atoms with Crippen LogP contribution in [0.3, 0.4) is 0 Å². The van der Waals surface area contributed by atoms with Crippen LogP contribution in [0.25, 0.3) is 34.0 Å². The summed E-state index contributed by atoms with van der Waals surface area (Å²) in [5.41, 5.74) is 1.12. The number of ether oxygens (including phenoxy) is 1. The molecule has 0 saturated carbocycles. The van der Waals surface area contributed by atoms with Crippen LogP contribution in [0, 0.1) is 0 Å². The molecule has 0 N–H and O–H groups in total. The van der Waals surface area contributed by atoms with Crippen molar-refractivity contribution in [3.63, 3.8) is 0 Å². The molecule has 0 bridgehead atoms. The molecule has 4 rings (SSSR count). The minimum Gasteiger partial charge on any atom is -0.459 e. The molecular weight excluding hydrogens is 531 g/mol. The van der Waals surface area contributed by atoms with Gasteiger partial charge in [-0.2, -0.15) is 18.2 Å². The van der Waals surface area contributed by atoms with E-state index in [1.165, 1.54) is 30.3 Å². The zero-order chi connectivity index (χ0) is 28.4. The predicted octanol–water partition coefficient (Wildman–Crippen LogP) is 7.52. The molecule has 4 aromatic rings. The summed E-state index contributed by atoms with van der Waals surface area (Å²) in [4.78, 5) is 18.3. The molecule has 0 aliphatic carbocycles. The Morgan fingerprint density at radius 1 is 0.974 bits per heavy atom. The second-order valence-corrected chi connectivity index (χ2v) is 10.5. The lowest BCUT2D eigenvalue weighted by molar-refractivity contribution is -0.155. The molecule has 0 aliphatic heterocycles. The SMILES string of the molecule is CN(CC(=O)OC(C)(C)C)Cc1ccc(-c2noc(-c3ccc(-c4ccccc4C(F)(F)F)c(Cl)c3)n2)cc1. The van der Waals surface area contributed by atoms with Gasteiger partial charge in [0.2, 0.25) is 5.82 Å². The molecule has 6 nitrogen and oxygen atoms in total. The number of halogens is 4. The average Bonchev–Trinajstić information content (AvgIpc) is 3.33. The third-order valence-corrected chi connectivity index (χ3v) is 5.96. The Balaban J connectivity index is 1.46. The Hall–Kier alpha value is -3.69. The monoisotopic (exact) mass is 557 g/mol. The summed E-state index contributed by atoms with van der Waals surface area (Å²) in [6.45, 7) is 6.19. The largest absolute Gasteiger partial charge is 0.459 e. The molecule has 0 aliphatic rings. The van der Waals surface area contributed by atoms with Gasteiger partial charge in [-0.1, -0.05) is 65.3 Å². The van der Waals surface area contributed by atoms with Crippen LogP contribution in [0.1, 0.15) is 31.9 Å². The van der Waals surface area contributed by atoms with Crippen molar-refractivity contribution >= 4 is 17.6 Å². The second-order valence-electron chi connectivity index (χ2n) is 10.1. The number of esters is 1. The third kappa shape index (κ3) is 7.25. The molecule has 1 heterocycles. The lowest BCUT2D eigenvalue weighted by Gasteiger charge is -2.22. The summed E-state index contributed by atoms with van der Waals surface area (Å²) in [6, 6.07) is 17.4. The molecule has 10 heteroatoms. The minimum atomic E-state index is -4.51. The number of rotatable bonds is 7. The van der Waals surface area contributed by atoms with Crippen molar-refractivity contribution in [1.82, 2.24) is 15.0 Å². The zero-order valence-electron chi connectivity index (χ0n) is 21.8. The number of hydrogen-bond acceptors (Lipinski definition) is 6. The molecule has 0 radical (unpaired) electrons. The lowest BCUT2D eigenvalue weighted by atomic mass is 9.98. The summed E-state index contributed by atoms with van der Waals surface area (Å²) in [5.74, 6) is 0.239. The number of likely N-dealkylation sites (N-methyl/N-ethyl adjacent to an activating group) is 1. The third-order valence-electron chi connectivity index (χ3n) is 5.65. The van der Waals surface area contributed by atoms with Crippen molar-refractivity contribution in [3.05, 3.63) is 82.9 Å². The van der Waals surface area contributed by atoms with Gasteiger partial charge >= 0.3 is 12.1 Å². The topological polar surface area (TPSA) is 68.5 Å². The van der Waals surface area contributed by atoms with Crippen LogP contribution in [-0.4, -0.2) is 40.2 Å². The van der Waals surface area contributed by atoms with Crippen molar-refractivity contribution in [3.8, 4) is 34.0 Å². The molecule has 1 aromatic heterocycles. The van der Waals surface area contributed by atoms with Gasteiger partial charge in [-0.25, -0.2) is 0 Å². The minimum absolute atomic E-state index is 0.00963. The van der Waals surface area contributed by atoms with E-state index in [2.05, 4.69) is 10.1 Å². The van der Waals surface area contributed by atoms with E-state index in [1.807, 2.05) is 57.0 Å². The van der Waals surface area contributed by atoms with Crippen molar-refractivity contribution in [1.29, 1.82) is 0 Å². The zero-order valence-corrected chi connectivity index (χ0v) is 22.6. The van der Waals surface area contributed by atoms with E-state index in [9.17, 15) is 18.0 Å². The fourth-order valence-corrected chi connectivity index (χ4v) is 4.29. The van der Waals surface area contributed by atoms with Crippen LogP contribution in [-0.2, 0) is 22.3 Å². The highest BCUT2D eigenvalue weighted by molar-refractivity contribution is 6.33. The van der Waals surface area contributed by atoms with Gasteiger partial charge in [0.1, 0.15) is 5.60 Å². The summed E-state index contributed by atoms with van der Waals surface area (Å²) in [6.07, 6.45) is -4.51. The highest BCUT2D eigenvalue weighted by Crippen LogP contribution is 2.40. The van der Waals surface area contributed by atoms with Gasteiger partial charge in [-0.05, 0) is 57.1 Å². The number of alkyl halides is 3. The predicted molar refractivity (Wildman–Crippen MR) is 143 cm³/mol. The summed E-state index contributed by atoms with van der Waals surface area (Å²) in [7, 11) is 1.83. The smallest absolute Gasteiger partial charge is 0.417 e. The summed E-state index contributed by atoms with van der Waals surface area (Å²) < 4.78 is 51.2. The van der Waals surface area contributed by atoms with Crippen LogP contribution in [0.2, 0.25) is 5.02 Å². The molecule has 39 heavy (non-hydrogen) atoms. The van der Waals surface area contributed by atoms with E-state index in [-0.39, 0.29) is 34.6 Å². The van der Waals surface area contributed by atoms with Crippen LogP contribution in [0.15, 0.2) is 71.3 Å². The number of carbonyl (C=O) groups is 1. The van der Waals surface area contributed by atoms with E-state index < -0.39 is 17.3 Å². The Morgan fingerprint density at radius 2 is 1.64 bits per heavy atom. The summed E-state index contributed by atoms with van der Waals surface area (Å²) >= 11 is 6.39. The number of nitrogens with zero attached hydrogens (tertiary/aromatic N) is 3. The number of hydrogen-bond donors (Lipinski definition) is 0. The van der Waals surface area contributed by atoms with Crippen LogP contribution in [0.4, 0.5) is 13.2 Å². The van der Waals surface area contributed by atoms with Crippen LogP contribution >= 0.6 is 11.6 Å². The first-order valence-corrected chi connectivity index (χ1v) is 12.5. The Labute approximate surface area is 229 Å². The Kier molecular flexibility index (Phi) is 8.13. The molecule has 0 amide bonds. The molecule has 3 aromatic carbocycles. The van der Waals surface area contributed by atoms with Crippen molar-refractivity contribution in [2.75, 3.05) is 13.6 Å². The highest BCUT2D eigenvalue weighted by atomic mass is 35.5. The first kappa shape index (κ1) is 28.3. The molecule has 0 fully saturated rings. The normalized spacial score (nSPS) is 12.1. The number of carbonyl (C=O) groups excluding carboxylic acids is 1. The van der Waals surface area contributed by atoms with Gasteiger partial charge in [0.15, 0.2) is 0 Å². The Bertz CT molecular complexity index is 1460. The maximum atomic E-state index is 13.5. The molecular formula is C29H27ClF3N3O3. The molecule has 0 atom stereocenters. The van der Waals surface area contributed by atoms with Crippen molar-refractivity contribution in [2.24, 2.45) is 0 Å². The number of benzene rings is 3. The average molecular weight is 558 g/mol. The maximum Gasteiger partial charge on any atom is 0.417 e. The first-order valence-electron chi connectivity index (χ1n) is 12.1. The van der Waals surface area contributed by atoms with Gasteiger partial charge in [0.05, 0.1) is 12.1 Å². The fourth-order valence-electron chi connectivity index (χ4n) is 4.01.